The highest BCUT2D eigenvalue weighted by Crippen LogP contribution is 2.27. The summed E-state index contributed by atoms with van der Waals surface area (Å²) < 4.78 is 7.74. The Labute approximate surface area is 131 Å². The van der Waals surface area contributed by atoms with Crippen LogP contribution < -0.4 is 0 Å². The molecule has 0 amide bonds. The van der Waals surface area contributed by atoms with Crippen molar-refractivity contribution in [3.05, 3.63) is 28.5 Å². The van der Waals surface area contributed by atoms with Crippen molar-refractivity contribution in [1.29, 1.82) is 5.26 Å². The lowest BCUT2D eigenvalue weighted by molar-refractivity contribution is 0.0902. The molecule has 0 bridgehead atoms. The van der Waals surface area contributed by atoms with Crippen LogP contribution in [0.2, 0.25) is 30.7 Å². The summed E-state index contributed by atoms with van der Waals surface area (Å²) in [6.07, 6.45) is 1.97. The van der Waals surface area contributed by atoms with Crippen molar-refractivity contribution in [2.75, 3.05) is 6.61 Å². The van der Waals surface area contributed by atoms with Gasteiger partial charge in [-0.25, -0.2) is 4.98 Å². The zero-order chi connectivity index (χ0) is 15.6. The van der Waals surface area contributed by atoms with Crippen LogP contribution in [0, 0.1) is 18.3 Å². The number of nitrogens with zero attached hydrogens (tertiary/aromatic N) is 3. The largest absolute Gasteiger partial charge is 0.361 e. The second-order valence-electron chi connectivity index (χ2n) is 6.43. The van der Waals surface area contributed by atoms with Crippen LogP contribution in [0.1, 0.15) is 11.3 Å². The smallest absolute Gasteiger partial charge is 0.142 e. The minimum Gasteiger partial charge on any atom is -0.361 e. The Balaban J connectivity index is 2.20. The van der Waals surface area contributed by atoms with Crippen molar-refractivity contribution in [1.82, 2.24) is 9.55 Å². The molecule has 0 aromatic carbocycles. The molecular weight excluding hydrogens is 302 g/mol. The standard InChI is InChI=1S/C15H20ClN3OSi/c1-11-9-19(10-20-5-6-21(2,3)4)15-13(16)7-12(8-17)18-14(11)15/h7,9H,5-6,10H2,1-4H3. The van der Waals surface area contributed by atoms with Gasteiger partial charge < -0.3 is 9.30 Å². The summed E-state index contributed by atoms with van der Waals surface area (Å²) in [5.41, 5.74) is 2.94. The molecule has 2 aromatic rings. The summed E-state index contributed by atoms with van der Waals surface area (Å²) in [5, 5.41) is 9.51. The Morgan fingerprint density at radius 1 is 1.43 bits per heavy atom. The molecule has 0 aliphatic rings. The zero-order valence-electron chi connectivity index (χ0n) is 12.9. The summed E-state index contributed by atoms with van der Waals surface area (Å²) in [7, 11) is -1.08. The molecule has 0 fully saturated rings. The fraction of sp³-hybridized carbons (Fsp3) is 0.467. The molecule has 0 aliphatic heterocycles. The molecule has 0 N–H and O–H groups in total. The van der Waals surface area contributed by atoms with Crippen LogP contribution in [0.3, 0.4) is 0 Å². The van der Waals surface area contributed by atoms with Crippen LogP contribution in [0.15, 0.2) is 12.3 Å². The Hall–Kier alpha value is -1.35. The first kappa shape index (κ1) is 16.0. The Morgan fingerprint density at radius 2 is 2.14 bits per heavy atom. The number of halogens is 1. The van der Waals surface area contributed by atoms with Gasteiger partial charge in [-0.15, -0.1) is 0 Å². The van der Waals surface area contributed by atoms with E-state index in [4.69, 9.17) is 21.6 Å². The van der Waals surface area contributed by atoms with Gasteiger partial charge in [0.25, 0.3) is 0 Å². The van der Waals surface area contributed by atoms with Crippen LogP contribution in [0.5, 0.6) is 0 Å². The van der Waals surface area contributed by atoms with Gasteiger partial charge in [0, 0.05) is 20.9 Å². The van der Waals surface area contributed by atoms with E-state index in [1.807, 2.05) is 23.8 Å². The second kappa shape index (κ2) is 6.18. The van der Waals surface area contributed by atoms with Gasteiger partial charge in [0.05, 0.1) is 16.1 Å². The zero-order valence-corrected chi connectivity index (χ0v) is 14.7. The maximum atomic E-state index is 8.97. The maximum Gasteiger partial charge on any atom is 0.142 e. The number of aromatic nitrogens is 2. The van der Waals surface area contributed by atoms with Gasteiger partial charge in [0.1, 0.15) is 18.5 Å². The molecule has 0 saturated carbocycles. The van der Waals surface area contributed by atoms with Gasteiger partial charge in [0.15, 0.2) is 0 Å². The first-order valence-electron chi connectivity index (χ1n) is 6.95. The molecule has 0 atom stereocenters. The third-order valence-corrected chi connectivity index (χ3v) is 5.29. The van der Waals surface area contributed by atoms with E-state index in [9.17, 15) is 0 Å². The normalized spacial score (nSPS) is 11.8. The van der Waals surface area contributed by atoms with E-state index < -0.39 is 8.07 Å². The van der Waals surface area contributed by atoms with E-state index in [1.165, 1.54) is 0 Å². The van der Waals surface area contributed by atoms with Gasteiger partial charge in [-0.2, -0.15) is 5.26 Å². The summed E-state index contributed by atoms with van der Waals surface area (Å²) >= 11 is 6.28. The third-order valence-electron chi connectivity index (χ3n) is 3.30. The van der Waals surface area contributed by atoms with Gasteiger partial charge in [-0.3, -0.25) is 0 Å². The van der Waals surface area contributed by atoms with Gasteiger partial charge in [-0.1, -0.05) is 31.2 Å². The molecule has 6 heteroatoms. The molecular formula is C15H20ClN3OSi. The molecule has 0 radical (unpaired) electrons. The number of rotatable bonds is 5. The average molecular weight is 322 g/mol. The summed E-state index contributed by atoms with van der Waals surface area (Å²) in [4.78, 5) is 4.33. The van der Waals surface area contributed by atoms with E-state index in [0.29, 0.717) is 17.4 Å². The molecule has 0 saturated heterocycles. The predicted molar refractivity (Wildman–Crippen MR) is 88.3 cm³/mol. The van der Waals surface area contributed by atoms with Crippen molar-refractivity contribution < 1.29 is 4.74 Å². The minimum atomic E-state index is -1.08. The van der Waals surface area contributed by atoms with E-state index >= 15 is 0 Å². The fourth-order valence-electron chi connectivity index (χ4n) is 2.12. The van der Waals surface area contributed by atoms with E-state index in [1.54, 1.807) is 6.07 Å². The van der Waals surface area contributed by atoms with Crippen molar-refractivity contribution in [3.63, 3.8) is 0 Å². The Morgan fingerprint density at radius 3 is 2.76 bits per heavy atom. The molecule has 2 rings (SSSR count). The molecule has 2 aromatic heterocycles. The van der Waals surface area contributed by atoms with Gasteiger partial charge >= 0.3 is 0 Å². The van der Waals surface area contributed by atoms with Crippen molar-refractivity contribution in [3.8, 4) is 6.07 Å². The topological polar surface area (TPSA) is 50.8 Å². The van der Waals surface area contributed by atoms with Gasteiger partial charge in [0.2, 0.25) is 0 Å². The molecule has 0 aliphatic carbocycles. The minimum absolute atomic E-state index is 0.341. The SMILES string of the molecule is Cc1cn(COCC[Si](C)(C)C)c2c(Cl)cc(C#N)nc12. The highest BCUT2D eigenvalue weighted by atomic mass is 35.5. The number of nitriles is 1. The predicted octanol–water partition coefficient (Wildman–Crippen LogP) is 4.18. The monoisotopic (exact) mass is 321 g/mol. The van der Waals surface area contributed by atoms with E-state index in [0.717, 1.165) is 29.2 Å². The lowest BCUT2D eigenvalue weighted by Gasteiger charge is -2.15. The van der Waals surface area contributed by atoms with Crippen LogP contribution in [-0.4, -0.2) is 24.2 Å². The number of hydrogen-bond acceptors (Lipinski definition) is 3. The first-order chi connectivity index (χ1) is 9.81. The summed E-state index contributed by atoms with van der Waals surface area (Å²) in [5.74, 6) is 0. The molecule has 112 valence electrons. The highest BCUT2D eigenvalue weighted by Gasteiger charge is 2.14. The quantitative estimate of drug-likeness (QED) is 0.613. The third kappa shape index (κ3) is 3.85. The molecule has 21 heavy (non-hydrogen) atoms. The summed E-state index contributed by atoms with van der Waals surface area (Å²) in [6, 6.07) is 4.77. The Bertz CT molecular complexity index is 697. The van der Waals surface area contributed by atoms with Crippen molar-refractivity contribution in [2.24, 2.45) is 0 Å². The second-order valence-corrected chi connectivity index (χ2v) is 12.5. The number of ether oxygens (including phenoxy) is 1. The number of pyridine rings is 1. The fourth-order valence-corrected chi connectivity index (χ4v) is 3.17. The molecule has 4 nitrogen and oxygen atoms in total. The number of hydrogen-bond donors (Lipinski definition) is 0. The lowest BCUT2D eigenvalue weighted by Crippen LogP contribution is -2.22. The van der Waals surface area contributed by atoms with Crippen molar-refractivity contribution in [2.45, 2.75) is 39.3 Å². The van der Waals surface area contributed by atoms with E-state index in [2.05, 4.69) is 24.6 Å². The Kier molecular flexibility index (Phi) is 4.72. The number of fused-ring (bicyclic) bond motifs is 1. The maximum absolute atomic E-state index is 8.97. The average Bonchev–Trinajstić information content (AvgIpc) is 2.71. The van der Waals surface area contributed by atoms with Gasteiger partial charge in [-0.05, 0) is 24.6 Å². The summed E-state index contributed by atoms with van der Waals surface area (Å²) in [6.45, 7) is 10.2. The molecule has 2 heterocycles. The van der Waals surface area contributed by atoms with Crippen LogP contribution in [0.25, 0.3) is 11.0 Å². The van der Waals surface area contributed by atoms with Crippen molar-refractivity contribution >= 4 is 30.7 Å². The van der Waals surface area contributed by atoms with Crippen LogP contribution in [0.4, 0.5) is 0 Å². The van der Waals surface area contributed by atoms with E-state index in [-0.39, 0.29) is 0 Å². The lowest BCUT2D eigenvalue weighted by atomic mass is 10.2. The molecule has 0 spiro atoms. The van der Waals surface area contributed by atoms with Crippen LogP contribution >= 0.6 is 11.6 Å². The number of aryl methyl sites for hydroxylation is 1. The highest BCUT2D eigenvalue weighted by molar-refractivity contribution is 6.76. The molecule has 0 unspecified atom stereocenters. The first-order valence-corrected chi connectivity index (χ1v) is 11.0. The van der Waals surface area contributed by atoms with Crippen LogP contribution in [-0.2, 0) is 11.5 Å².